The number of carbonyl (C=O) groups is 2. The first-order valence-electron chi connectivity index (χ1n) is 11.0. The maximum Gasteiger partial charge on any atom is 0.300 e. The number of hydrogen-bond acceptors (Lipinski definition) is 5. The van der Waals surface area contributed by atoms with E-state index in [2.05, 4.69) is 0 Å². The molecule has 1 aliphatic heterocycles. The SMILES string of the molecule is CCOc1ccc(/C(O)=C2/C(=O)C(=O)N(c3ccc(Cl)cc3)C2c2cccc(OCC)c2)cc1. The second-order valence-electron chi connectivity index (χ2n) is 7.61. The Hall–Kier alpha value is -3.77. The molecule has 1 atom stereocenters. The van der Waals surface area contributed by atoms with Crippen molar-refractivity contribution in [1.82, 2.24) is 0 Å². The Morgan fingerprint density at radius 1 is 0.912 bits per heavy atom. The van der Waals surface area contributed by atoms with Crippen molar-refractivity contribution in [2.45, 2.75) is 19.9 Å². The van der Waals surface area contributed by atoms with Gasteiger partial charge in [0.05, 0.1) is 24.8 Å². The van der Waals surface area contributed by atoms with E-state index in [-0.39, 0.29) is 11.3 Å². The number of ketones is 1. The fourth-order valence-corrected chi connectivity index (χ4v) is 4.11. The molecule has 0 aliphatic carbocycles. The van der Waals surface area contributed by atoms with Crippen molar-refractivity contribution in [2.75, 3.05) is 18.1 Å². The van der Waals surface area contributed by atoms with Gasteiger partial charge in [-0.2, -0.15) is 0 Å². The van der Waals surface area contributed by atoms with Crippen molar-refractivity contribution >= 4 is 34.7 Å². The number of halogens is 1. The van der Waals surface area contributed by atoms with Crippen LogP contribution in [0.25, 0.3) is 5.76 Å². The van der Waals surface area contributed by atoms with E-state index in [1.165, 1.54) is 4.90 Å². The average Bonchev–Trinajstić information content (AvgIpc) is 3.11. The van der Waals surface area contributed by atoms with E-state index in [9.17, 15) is 14.7 Å². The van der Waals surface area contributed by atoms with E-state index < -0.39 is 17.7 Å². The summed E-state index contributed by atoms with van der Waals surface area (Å²) >= 11 is 6.04. The van der Waals surface area contributed by atoms with Crippen molar-refractivity contribution in [2.24, 2.45) is 0 Å². The van der Waals surface area contributed by atoms with Crippen LogP contribution in [0.4, 0.5) is 5.69 Å². The van der Waals surface area contributed by atoms with Crippen LogP contribution in [0.3, 0.4) is 0 Å². The number of hydrogen-bond donors (Lipinski definition) is 1. The molecule has 0 spiro atoms. The molecule has 1 unspecified atom stereocenters. The Balaban J connectivity index is 1.88. The van der Waals surface area contributed by atoms with Crippen LogP contribution in [0, 0.1) is 0 Å². The summed E-state index contributed by atoms with van der Waals surface area (Å²) in [6.07, 6.45) is 0. The number of aliphatic hydroxyl groups excluding tert-OH is 1. The molecule has 4 rings (SSSR count). The summed E-state index contributed by atoms with van der Waals surface area (Å²) in [6.45, 7) is 4.72. The molecule has 0 saturated carbocycles. The fourth-order valence-electron chi connectivity index (χ4n) is 3.99. The normalized spacial score (nSPS) is 17.1. The lowest BCUT2D eigenvalue weighted by molar-refractivity contribution is -0.132. The number of nitrogens with zero attached hydrogens (tertiary/aromatic N) is 1. The quantitative estimate of drug-likeness (QED) is 0.266. The maximum atomic E-state index is 13.2. The molecule has 6 nitrogen and oxygen atoms in total. The molecule has 1 heterocycles. The van der Waals surface area contributed by atoms with Crippen LogP contribution < -0.4 is 14.4 Å². The predicted molar refractivity (Wildman–Crippen MR) is 131 cm³/mol. The fraction of sp³-hybridized carbons (Fsp3) is 0.185. The number of benzene rings is 3. The third kappa shape index (κ3) is 4.50. The molecule has 0 radical (unpaired) electrons. The lowest BCUT2D eigenvalue weighted by Gasteiger charge is -2.26. The zero-order valence-electron chi connectivity index (χ0n) is 18.8. The smallest absolute Gasteiger partial charge is 0.300 e. The highest BCUT2D eigenvalue weighted by Gasteiger charge is 2.47. The van der Waals surface area contributed by atoms with Gasteiger partial charge in [0, 0.05) is 16.3 Å². The molecule has 1 N–H and O–H groups in total. The van der Waals surface area contributed by atoms with Crippen LogP contribution in [0.1, 0.15) is 31.0 Å². The minimum absolute atomic E-state index is 0.00208. The van der Waals surface area contributed by atoms with Crippen LogP contribution in [-0.2, 0) is 9.59 Å². The van der Waals surface area contributed by atoms with E-state index in [1.807, 2.05) is 13.8 Å². The predicted octanol–water partition coefficient (Wildman–Crippen LogP) is 5.76. The number of rotatable bonds is 7. The second kappa shape index (κ2) is 10.0. The van der Waals surface area contributed by atoms with Gasteiger partial charge < -0.3 is 14.6 Å². The van der Waals surface area contributed by atoms with Gasteiger partial charge in [0.1, 0.15) is 17.3 Å². The molecular weight excluding hydrogens is 454 g/mol. The Kier molecular flexibility index (Phi) is 6.89. The van der Waals surface area contributed by atoms with Gasteiger partial charge in [-0.05, 0) is 80.1 Å². The van der Waals surface area contributed by atoms with Crippen LogP contribution in [-0.4, -0.2) is 30.0 Å². The molecule has 34 heavy (non-hydrogen) atoms. The minimum atomic E-state index is -0.854. The summed E-state index contributed by atoms with van der Waals surface area (Å²) in [5, 5.41) is 11.7. The lowest BCUT2D eigenvalue weighted by Crippen LogP contribution is -2.29. The Morgan fingerprint density at radius 2 is 1.56 bits per heavy atom. The van der Waals surface area contributed by atoms with Gasteiger partial charge in [-0.15, -0.1) is 0 Å². The summed E-state index contributed by atoms with van der Waals surface area (Å²) in [4.78, 5) is 27.8. The standard InChI is InChI=1S/C27H24ClNO5/c1-3-33-21-14-8-17(9-15-21)25(30)23-24(18-6-5-7-22(16-18)34-4-2)29(27(32)26(23)31)20-12-10-19(28)11-13-20/h5-16,24,30H,3-4H2,1-2H3/b25-23-. The summed E-state index contributed by atoms with van der Waals surface area (Å²) in [5.41, 5.74) is 1.53. The first-order valence-corrected chi connectivity index (χ1v) is 11.3. The maximum absolute atomic E-state index is 13.2. The van der Waals surface area contributed by atoms with Crippen molar-refractivity contribution in [3.05, 3.63) is 94.5 Å². The summed E-state index contributed by atoms with van der Waals surface area (Å²) in [7, 11) is 0. The number of ether oxygens (including phenoxy) is 2. The zero-order valence-corrected chi connectivity index (χ0v) is 19.6. The second-order valence-corrected chi connectivity index (χ2v) is 8.04. The van der Waals surface area contributed by atoms with Gasteiger partial charge in [-0.3, -0.25) is 14.5 Å². The van der Waals surface area contributed by atoms with E-state index in [1.54, 1.807) is 72.8 Å². The summed E-state index contributed by atoms with van der Waals surface area (Å²) in [6, 6.07) is 19.7. The third-order valence-corrected chi connectivity index (χ3v) is 5.72. The largest absolute Gasteiger partial charge is 0.507 e. The lowest BCUT2D eigenvalue weighted by atomic mass is 9.95. The average molecular weight is 478 g/mol. The summed E-state index contributed by atoms with van der Waals surface area (Å²) in [5.74, 6) is -0.524. The molecule has 1 aliphatic rings. The van der Waals surface area contributed by atoms with Crippen LogP contribution in [0.2, 0.25) is 5.02 Å². The number of carbonyl (C=O) groups excluding carboxylic acids is 2. The van der Waals surface area contributed by atoms with Gasteiger partial charge in [0.2, 0.25) is 0 Å². The molecule has 174 valence electrons. The highest BCUT2D eigenvalue weighted by atomic mass is 35.5. The first-order chi connectivity index (χ1) is 16.4. The van der Waals surface area contributed by atoms with Gasteiger partial charge in [0.15, 0.2) is 0 Å². The van der Waals surface area contributed by atoms with Crippen molar-refractivity contribution < 1.29 is 24.2 Å². The van der Waals surface area contributed by atoms with E-state index >= 15 is 0 Å². The highest BCUT2D eigenvalue weighted by Crippen LogP contribution is 2.43. The molecule has 3 aromatic rings. The molecule has 7 heteroatoms. The monoisotopic (exact) mass is 477 g/mol. The van der Waals surface area contributed by atoms with E-state index in [0.29, 0.717) is 46.5 Å². The number of Topliss-reactive ketones (excluding diaryl/α,β-unsaturated/α-hetero) is 1. The third-order valence-electron chi connectivity index (χ3n) is 5.47. The Bertz CT molecular complexity index is 1230. The van der Waals surface area contributed by atoms with Crippen molar-refractivity contribution in [1.29, 1.82) is 0 Å². The molecular formula is C27H24ClNO5. The Morgan fingerprint density at radius 3 is 2.21 bits per heavy atom. The Labute approximate surface area is 203 Å². The van der Waals surface area contributed by atoms with Gasteiger partial charge in [-0.25, -0.2) is 0 Å². The van der Waals surface area contributed by atoms with E-state index in [4.69, 9.17) is 21.1 Å². The van der Waals surface area contributed by atoms with Crippen molar-refractivity contribution in [3.8, 4) is 11.5 Å². The van der Waals surface area contributed by atoms with Gasteiger partial charge in [0.25, 0.3) is 11.7 Å². The zero-order chi connectivity index (χ0) is 24.2. The molecule has 0 aromatic heterocycles. The molecule has 3 aromatic carbocycles. The van der Waals surface area contributed by atoms with Crippen LogP contribution >= 0.6 is 11.6 Å². The van der Waals surface area contributed by atoms with E-state index in [0.717, 1.165) is 0 Å². The van der Waals surface area contributed by atoms with Crippen molar-refractivity contribution in [3.63, 3.8) is 0 Å². The van der Waals surface area contributed by atoms with Crippen LogP contribution in [0.5, 0.6) is 11.5 Å². The number of amides is 1. The number of anilines is 1. The minimum Gasteiger partial charge on any atom is -0.507 e. The molecule has 1 fully saturated rings. The molecule has 1 amide bonds. The van der Waals surface area contributed by atoms with Gasteiger partial charge >= 0.3 is 0 Å². The summed E-state index contributed by atoms with van der Waals surface area (Å²) < 4.78 is 11.1. The number of aliphatic hydroxyl groups is 1. The first kappa shape index (κ1) is 23.4. The molecule has 1 saturated heterocycles. The van der Waals surface area contributed by atoms with Crippen LogP contribution in [0.15, 0.2) is 78.4 Å². The molecule has 0 bridgehead atoms. The topological polar surface area (TPSA) is 76.1 Å². The highest BCUT2D eigenvalue weighted by molar-refractivity contribution is 6.51. The van der Waals surface area contributed by atoms with Gasteiger partial charge in [-0.1, -0.05) is 23.7 Å².